The molecule has 41 heavy (non-hydrogen) atoms. The van der Waals surface area contributed by atoms with Gasteiger partial charge in [0.15, 0.2) is 0 Å². The molecule has 0 saturated carbocycles. The number of carbonyl (C=O) groups is 4. The molecule has 0 unspecified atom stereocenters. The van der Waals surface area contributed by atoms with Crippen molar-refractivity contribution in [3.8, 4) is 11.5 Å². The first-order chi connectivity index (χ1) is 19.8. The molecule has 12 heteroatoms. The number of esters is 2. The van der Waals surface area contributed by atoms with Crippen LogP contribution in [-0.2, 0) is 27.2 Å². The number of thiophene rings is 1. The molecular weight excluding hydrogens is 614 g/mol. The highest BCUT2D eigenvalue weighted by Gasteiger charge is 2.28. The van der Waals surface area contributed by atoms with Gasteiger partial charge in [-0.1, -0.05) is 15.9 Å². The Kier molecular flexibility index (Phi) is 10.3. The van der Waals surface area contributed by atoms with Gasteiger partial charge in [0.25, 0.3) is 0 Å². The van der Waals surface area contributed by atoms with E-state index in [0.29, 0.717) is 39.9 Å². The van der Waals surface area contributed by atoms with Crippen LogP contribution in [0.3, 0.4) is 0 Å². The first kappa shape index (κ1) is 29.9. The highest BCUT2D eigenvalue weighted by molar-refractivity contribution is 9.10. The Labute approximate surface area is 249 Å². The summed E-state index contributed by atoms with van der Waals surface area (Å²) in [5, 5.41) is 6.69. The lowest BCUT2D eigenvalue weighted by atomic mass is 9.95. The van der Waals surface area contributed by atoms with Gasteiger partial charge in [0.2, 0.25) is 0 Å². The van der Waals surface area contributed by atoms with Gasteiger partial charge in [-0.15, -0.1) is 11.3 Å². The summed E-state index contributed by atoms with van der Waals surface area (Å²) >= 11 is 4.64. The van der Waals surface area contributed by atoms with E-state index in [4.69, 9.17) is 14.2 Å². The van der Waals surface area contributed by atoms with Crippen LogP contribution in [0.2, 0.25) is 0 Å². The van der Waals surface area contributed by atoms with E-state index in [1.54, 1.807) is 49.4 Å². The van der Waals surface area contributed by atoms with Crippen molar-refractivity contribution in [2.45, 2.75) is 39.5 Å². The van der Waals surface area contributed by atoms with Crippen molar-refractivity contribution in [3.05, 3.63) is 74.1 Å². The topological polar surface area (TPSA) is 132 Å². The van der Waals surface area contributed by atoms with E-state index in [1.165, 1.54) is 17.6 Å². The zero-order valence-corrected chi connectivity index (χ0v) is 24.9. The van der Waals surface area contributed by atoms with Crippen molar-refractivity contribution in [1.82, 2.24) is 5.43 Å². The minimum atomic E-state index is -1.04. The Balaban J connectivity index is 1.43. The van der Waals surface area contributed by atoms with Gasteiger partial charge in [-0.2, -0.15) is 5.10 Å². The van der Waals surface area contributed by atoms with Gasteiger partial charge in [0.1, 0.15) is 16.5 Å². The highest BCUT2D eigenvalue weighted by atomic mass is 79.9. The third-order valence-electron chi connectivity index (χ3n) is 6.03. The zero-order chi connectivity index (χ0) is 29.4. The first-order valence-corrected chi connectivity index (χ1v) is 14.6. The van der Waals surface area contributed by atoms with Gasteiger partial charge in [-0.25, -0.2) is 15.0 Å². The molecule has 2 aromatic carbocycles. The molecule has 1 heterocycles. The lowest BCUT2D eigenvalue weighted by Crippen LogP contribution is -2.32. The maximum atomic E-state index is 12.7. The van der Waals surface area contributed by atoms with E-state index in [9.17, 15) is 19.2 Å². The van der Waals surface area contributed by atoms with Gasteiger partial charge in [0, 0.05) is 14.9 Å². The fraction of sp³-hybridized carbons (Fsp3) is 0.276. The fourth-order valence-corrected chi connectivity index (χ4v) is 5.82. The van der Waals surface area contributed by atoms with Crippen molar-refractivity contribution < 1.29 is 33.4 Å². The molecule has 2 amide bonds. The number of ether oxygens (including phenoxy) is 3. The molecule has 0 aliphatic heterocycles. The summed E-state index contributed by atoms with van der Waals surface area (Å²) in [6, 6.07) is 11.4. The number of nitrogens with one attached hydrogen (secondary N) is 2. The molecule has 1 aliphatic rings. The van der Waals surface area contributed by atoms with Crippen molar-refractivity contribution in [2.24, 2.45) is 5.10 Å². The van der Waals surface area contributed by atoms with E-state index < -0.39 is 23.8 Å². The summed E-state index contributed by atoms with van der Waals surface area (Å²) in [6.45, 7) is 4.27. The Morgan fingerprint density at radius 1 is 0.976 bits per heavy atom. The largest absolute Gasteiger partial charge is 0.494 e. The Morgan fingerprint density at radius 2 is 1.73 bits per heavy atom. The number of carbonyl (C=O) groups excluding carboxylic acids is 4. The Hall–Kier alpha value is -4.03. The van der Waals surface area contributed by atoms with E-state index in [2.05, 4.69) is 31.8 Å². The Bertz CT molecular complexity index is 1480. The average Bonchev–Trinajstić information content (AvgIpc) is 3.32. The summed E-state index contributed by atoms with van der Waals surface area (Å²) in [5.41, 5.74) is 4.05. The van der Waals surface area contributed by atoms with E-state index in [-0.39, 0.29) is 17.4 Å². The molecule has 4 rings (SSSR count). The standard InChI is InChI=1S/C29H28BrN3O7S/c1-3-38-20-12-9-17(10-13-20)28(36)40-22-14-11-19(30)15-18(22)16-31-33-26(35)25(34)32-27-24(29(37)39-4-2)21-7-5-6-8-23(21)41-27/h9-16H,3-8H2,1-2H3,(H,32,34)(H,33,35)/b31-16-. The molecule has 1 aliphatic carbocycles. The molecule has 0 fully saturated rings. The summed E-state index contributed by atoms with van der Waals surface area (Å²) in [7, 11) is 0. The predicted octanol–water partition coefficient (Wildman–Crippen LogP) is 5.27. The second-order valence-electron chi connectivity index (χ2n) is 8.82. The average molecular weight is 643 g/mol. The van der Waals surface area contributed by atoms with Crippen LogP contribution in [0.1, 0.15) is 63.4 Å². The van der Waals surface area contributed by atoms with Crippen LogP contribution >= 0.6 is 27.3 Å². The molecule has 3 aromatic rings. The number of rotatable bonds is 9. The van der Waals surface area contributed by atoms with Crippen LogP contribution in [0, 0.1) is 0 Å². The van der Waals surface area contributed by atoms with Crippen molar-refractivity contribution >= 4 is 62.2 Å². The highest BCUT2D eigenvalue weighted by Crippen LogP contribution is 2.38. The van der Waals surface area contributed by atoms with Crippen LogP contribution in [0.4, 0.5) is 5.00 Å². The minimum absolute atomic E-state index is 0.192. The van der Waals surface area contributed by atoms with Gasteiger partial charge >= 0.3 is 23.8 Å². The molecular formula is C29H28BrN3O7S. The molecule has 10 nitrogen and oxygen atoms in total. The first-order valence-electron chi connectivity index (χ1n) is 13.0. The van der Waals surface area contributed by atoms with Gasteiger partial charge in [0.05, 0.1) is 30.6 Å². The molecule has 0 spiro atoms. The quantitative estimate of drug-likeness (QED) is 0.107. The third-order valence-corrected chi connectivity index (χ3v) is 7.73. The SMILES string of the molecule is CCOC(=O)c1c(NC(=O)C(=O)N/N=C\c2cc(Br)ccc2OC(=O)c2ccc(OCC)cc2)sc2c1CCCC2. The van der Waals surface area contributed by atoms with Crippen LogP contribution < -0.4 is 20.2 Å². The molecule has 0 saturated heterocycles. The van der Waals surface area contributed by atoms with Crippen LogP contribution in [-0.4, -0.2) is 43.2 Å². The van der Waals surface area contributed by atoms with E-state index >= 15 is 0 Å². The molecule has 214 valence electrons. The summed E-state index contributed by atoms with van der Waals surface area (Å²) in [6.07, 6.45) is 4.70. The third kappa shape index (κ3) is 7.59. The number of hydrazone groups is 1. The molecule has 0 radical (unpaired) electrons. The number of hydrogen-bond acceptors (Lipinski definition) is 9. The normalized spacial score (nSPS) is 12.4. The lowest BCUT2D eigenvalue weighted by molar-refractivity contribution is -0.136. The van der Waals surface area contributed by atoms with E-state index in [1.807, 2.05) is 6.92 Å². The number of aryl methyl sites for hydroxylation is 1. The maximum Gasteiger partial charge on any atom is 0.343 e. The van der Waals surface area contributed by atoms with Crippen molar-refractivity contribution in [3.63, 3.8) is 0 Å². The number of amides is 2. The van der Waals surface area contributed by atoms with Gasteiger partial charge < -0.3 is 19.5 Å². The molecule has 1 aromatic heterocycles. The zero-order valence-electron chi connectivity index (χ0n) is 22.5. The lowest BCUT2D eigenvalue weighted by Gasteiger charge is -2.12. The monoisotopic (exact) mass is 641 g/mol. The number of hydrogen-bond donors (Lipinski definition) is 2. The minimum Gasteiger partial charge on any atom is -0.494 e. The molecule has 0 bridgehead atoms. The molecule has 2 N–H and O–H groups in total. The second kappa shape index (κ2) is 14.0. The molecule has 0 atom stereocenters. The second-order valence-corrected chi connectivity index (χ2v) is 10.8. The summed E-state index contributed by atoms with van der Waals surface area (Å²) in [5.74, 6) is -2.31. The van der Waals surface area contributed by atoms with Crippen molar-refractivity contribution in [1.29, 1.82) is 0 Å². The van der Waals surface area contributed by atoms with Crippen LogP contribution in [0.15, 0.2) is 52.0 Å². The number of halogens is 1. The van der Waals surface area contributed by atoms with Crippen molar-refractivity contribution in [2.75, 3.05) is 18.5 Å². The maximum absolute atomic E-state index is 12.7. The van der Waals surface area contributed by atoms with Crippen LogP contribution in [0.25, 0.3) is 0 Å². The van der Waals surface area contributed by atoms with Gasteiger partial charge in [-0.05, 0) is 87.6 Å². The smallest absolute Gasteiger partial charge is 0.343 e. The predicted molar refractivity (Wildman–Crippen MR) is 158 cm³/mol. The summed E-state index contributed by atoms with van der Waals surface area (Å²) in [4.78, 5) is 51.5. The summed E-state index contributed by atoms with van der Waals surface area (Å²) < 4.78 is 16.8. The number of benzene rings is 2. The Morgan fingerprint density at radius 3 is 2.46 bits per heavy atom. The number of anilines is 1. The van der Waals surface area contributed by atoms with Gasteiger partial charge in [-0.3, -0.25) is 9.59 Å². The fourth-order valence-electron chi connectivity index (χ4n) is 4.17. The number of fused-ring (bicyclic) bond motifs is 1. The van der Waals surface area contributed by atoms with E-state index in [0.717, 1.165) is 29.7 Å². The van der Waals surface area contributed by atoms with Crippen LogP contribution in [0.5, 0.6) is 11.5 Å². The number of nitrogens with zero attached hydrogens (tertiary/aromatic N) is 1.